The van der Waals surface area contributed by atoms with Crippen LogP contribution in [0.15, 0.2) is 42.5 Å². The van der Waals surface area contributed by atoms with E-state index >= 15 is 0 Å². The van der Waals surface area contributed by atoms with Gasteiger partial charge in [0.15, 0.2) is 0 Å². The Bertz CT molecular complexity index is 677. The van der Waals surface area contributed by atoms with Crippen molar-refractivity contribution in [2.45, 2.75) is 13.0 Å². The Morgan fingerprint density at radius 3 is 2.64 bits per heavy atom. The van der Waals surface area contributed by atoms with Gasteiger partial charge in [0.2, 0.25) is 0 Å². The molecule has 0 unspecified atom stereocenters. The van der Waals surface area contributed by atoms with E-state index in [4.69, 9.17) is 0 Å². The second kappa shape index (κ2) is 7.00. The Morgan fingerprint density at radius 1 is 1.18 bits per heavy atom. The molecule has 2 amide bonds. The number of rotatable bonds is 4. The molecular weight excluding hydrogens is 290 g/mol. The molecule has 4 nitrogen and oxygen atoms in total. The number of anilines is 1. The van der Waals surface area contributed by atoms with Gasteiger partial charge in [0.25, 0.3) is 0 Å². The summed E-state index contributed by atoms with van der Waals surface area (Å²) in [6.45, 7) is 1.57. The Kier molecular flexibility index (Phi) is 5.06. The summed E-state index contributed by atoms with van der Waals surface area (Å²) in [4.78, 5) is 11.7. The van der Waals surface area contributed by atoms with Crippen molar-refractivity contribution in [1.29, 1.82) is 0 Å². The molecule has 0 saturated carbocycles. The van der Waals surface area contributed by atoms with E-state index in [0.29, 0.717) is 0 Å². The maximum absolute atomic E-state index is 13.5. The predicted octanol–water partition coefficient (Wildman–Crippen LogP) is 3.13. The first-order chi connectivity index (χ1) is 10.5. The van der Waals surface area contributed by atoms with Crippen molar-refractivity contribution < 1.29 is 18.7 Å². The van der Waals surface area contributed by atoms with Crippen molar-refractivity contribution >= 4 is 11.7 Å². The van der Waals surface area contributed by atoms with E-state index < -0.39 is 23.8 Å². The quantitative estimate of drug-likeness (QED) is 0.812. The van der Waals surface area contributed by atoms with Crippen LogP contribution in [0.1, 0.15) is 17.2 Å². The number of halogens is 2. The van der Waals surface area contributed by atoms with Gasteiger partial charge in [-0.25, -0.2) is 13.6 Å². The maximum Gasteiger partial charge on any atom is 0.319 e. The van der Waals surface area contributed by atoms with Crippen molar-refractivity contribution in [3.05, 3.63) is 65.2 Å². The second-order valence-corrected chi connectivity index (χ2v) is 4.86. The second-order valence-electron chi connectivity index (χ2n) is 4.86. The molecule has 0 heterocycles. The van der Waals surface area contributed by atoms with Gasteiger partial charge in [-0.3, -0.25) is 0 Å². The van der Waals surface area contributed by atoms with Crippen LogP contribution in [0.4, 0.5) is 19.3 Å². The number of amides is 2. The van der Waals surface area contributed by atoms with Crippen molar-refractivity contribution in [2.24, 2.45) is 0 Å². The van der Waals surface area contributed by atoms with Gasteiger partial charge in [-0.15, -0.1) is 0 Å². The lowest BCUT2D eigenvalue weighted by Crippen LogP contribution is -2.32. The Balaban J connectivity index is 1.93. The van der Waals surface area contributed by atoms with Crippen molar-refractivity contribution in [1.82, 2.24) is 5.32 Å². The minimum Gasteiger partial charge on any atom is -0.386 e. The maximum atomic E-state index is 13.5. The molecule has 0 fully saturated rings. The molecule has 0 bridgehead atoms. The number of benzene rings is 2. The van der Waals surface area contributed by atoms with E-state index in [1.807, 2.05) is 0 Å². The van der Waals surface area contributed by atoms with Crippen LogP contribution < -0.4 is 10.6 Å². The first-order valence-corrected chi connectivity index (χ1v) is 6.71. The molecule has 0 saturated heterocycles. The standard InChI is InChI=1S/C16H16F2N2O2/c1-10-6-7-13(18)14(8-10)20-16(22)19-9-15(21)11-4-2-3-5-12(11)17/h2-8,15,21H,9H2,1H3,(H2,19,20,22)/t15-/m0/s1. The molecule has 0 aliphatic carbocycles. The van der Waals surface area contributed by atoms with Gasteiger partial charge in [-0.2, -0.15) is 0 Å². The van der Waals surface area contributed by atoms with Crippen molar-refractivity contribution in [3.63, 3.8) is 0 Å². The molecule has 22 heavy (non-hydrogen) atoms. The molecule has 2 aromatic carbocycles. The predicted molar refractivity (Wildman–Crippen MR) is 79.5 cm³/mol. The molecule has 0 spiro atoms. The number of aliphatic hydroxyl groups is 1. The van der Waals surface area contributed by atoms with Gasteiger partial charge in [0.05, 0.1) is 11.8 Å². The summed E-state index contributed by atoms with van der Waals surface area (Å²) in [5, 5.41) is 14.6. The average molecular weight is 306 g/mol. The molecule has 6 heteroatoms. The summed E-state index contributed by atoms with van der Waals surface area (Å²) >= 11 is 0. The fraction of sp³-hybridized carbons (Fsp3) is 0.188. The van der Waals surface area contributed by atoms with Crippen LogP contribution in [0.2, 0.25) is 0 Å². The molecular formula is C16H16F2N2O2. The largest absolute Gasteiger partial charge is 0.386 e. The molecule has 2 aromatic rings. The van der Waals surface area contributed by atoms with Crippen LogP contribution in [0, 0.1) is 18.6 Å². The molecule has 2 rings (SSSR count). The van der Waals surface area contributed by atoms with Crippen LogP contribution in [-0.2, 0) is 0 Å². The SMILES string of the molecule is Cc1ccc(F)c(NC(=O)NC[C@H](O)c2ccccc2F)c1. The van der Waals surface area contributed by atoms with Gasteiger partial charge < -0.3 is 15.7 Å². The molecule has 116 valence electrons. The lowest BCUT2D eigenvalue weighted by atomic mass is 10.1. The van der Waals surface area contributed by atoms with E-state index in [1.54, 1.807) is 19.1 Å². The third-order valence-corrected chi connectivity index (χ3v) is 3.09. The van der Waals surface area contributed by atoms with E-state index in [-0.39, 0.29) is 17.8 Å². The van der Waals surface area contributed by atoms with E-state index in [0.717, 1.165) is 5.56 Å². The van der Waals surface area contributed by atoms with Crippen molar-refractivity contribution in [3.8, 4) is 0 Å². The van der Waals surface area contributed by atoms with Gasteiger partial charge in [-0.1, -0.05) is 24.3 Å². The topological polar surface area (TPSA) is 61.4 Å². The minimum absolute atomic E-state index is 0.0397. The zero-order valence-corrected chi connectivity index (χ0v) is 11.9. The highest BCUT2D eigenvalue weighted by molar-refractivity contribution is 5.89. The fourth-order valence-corrected chi connectivity index (χ4v) is 1.95. The zero-order valence-electron chi connectivity index (χ0n) is 11.9. The summed E-state index contributed by atoms with van der Waals surface area (Å²) in [7, 11) is 0. The first kappa shape index (κ1) is 15.9. The number of nitrogens with one attached hydrogen (secondary N) is 2. The highest BCUT2D eigenvalue weighted by Gasteiger charge is 2.14. The van der Waals surface area contributed by atoms with Gasteiger partial charge in [-0.05, 0) is 30.7 Å². The Morgan fingerprint density at radius 2 is 1.91 bits per heavy atom. The summed E-state index contributed by atoms with van der Waals surface area (Å²) in [5.41, 5.74) is 0.922. The molecule has 1 atom stereocenters. The van der Waals surface area contributed by atoms with Crippen molar-refractivity contribution in [2.75, 3.05) is 11.9 Å². The lowest BCUT2D eigenvalue weighted by molar-refractivity contribution is 0.170. The van der Waals surface area contributed by atoms with Crippen LogP contribution in [0.3, 0.4) is 0 Å². The molecule has 0 radical (unpaired) electrons. The normalized spacial score (nSPS) is 11.8. The zero-order chi connectivity index (χ0) is 16.1. The molecule has 0 aromatic heterocycles. The van der Waals surface area contributed by atoms with Crippen LogP contribution in [-0.4, -0.2) is 17.7 Å². The number of urea groups is 1. The smallest absolute Gasteiger partial charge is 0.319 e. The third kappa shape index (κ3) is 4.02. The summed E-state index contributed by atoms with van der Waals surface area (Å²) in [6.07, 6.45) is -1.19. The van der Waals surface area contributed by atoms with Crippen LogP contribution >= 0.6 is 0 Å². The third-order valence-electron chi connectivity index (χ3n) is 3.09. The van der Waals surface area contributed by atoms with Crippen LogP contribution in [0.25, 0.3) is 0 Å². The number of aliphatic hydroxyl groups excluding tert-OH is 1. The number of aryl methyl sites for hydroxylation is 1. The Labute approximate surface area is 126 Å². The molecule has 3 N–H and O–H groups in total. The number of hydrogen-bond donors (Lipinski definition) is 3. The average Bonchev–Trinajstić information content (AvgIpc) is 2.49. The molecule has 0 aliphatic heterocycles. The highest BCUT2D eigenvalue weighted by Crippen LogP contribution is 2.17. The number of carbonyl (C=O) groups is 1. The summed E-state index contributed by atoms with van der Waals surface area (Å²) in [6, 6.07) is 9.39. The van der Waals surface area contributed by atoms with Gasteiger partial charge >= 0.3 is 6.03 Å². The minimum atomic E-state index is -1.19. The monoisotopic (exact) mass is 306 g/mol. The van der Waals surface area contributed by atoms with E-state index in [1.165, 1.54) is 30.3 Å². The van der Waals surface area contributed by atoms with E-state index in [2.05, 4.69) is 10.6 Å². The van der Waals surface area contributed by atoms with Crippen LogP contribution in [0.5, 0.6) is 0 Å². The van der Waals surface area contributed by atoms with Gasteiger partial charge in [0, 0.05) is 12.1 Å². The Hall–Kier alpha value is -2.47. The number of hydrogen-bond acceptors (Lipinski definition) is 2. The first-order valence-electron chi connectivity index (χ1n) is 6.71. The summed E-state index contributed by atoms with van der Waals surface area (Å²) in [5.74, 6) is -1.11. The highest BCUT2D eigenvalue weighted by atomic mass is 19.1. The van der Waals surface area contributed by atoms with Gasteiger partial charge in [0.1, 0.15) is 11.6 Å². The summed E-state index contributed by atoms with van der Waals surface area (Å²) < 4.78 is 27.0. The van der Waals surface area contributed by atoms with E-state index in [9.17, 15) is 18.7 Å². The fourth-order valence-electron chi connectivity index (χ4n) is 1.95. The number of carbonyl (C=O) groups excluding carboxylic acids is 1. The lowest BCUT2D eigenvalue weighted by Gasteiger charge is -2.14. The molecule has 0 aliphatic rings.